The highest BCUT2D eigenvalue weighted by Gasteiger charge is 2.06. The van der Waals surface area contributed by atoms with Gasteiger partial charge in [0.2, 0.25) is 5.91 Å². The summed E-state index contributed by atoms with van der Waals surface area (Å²) in [5, 5.41) is 6.73. The van der Waals surface area contributed by atoms with E-state index in [-0.39, 0.29) is 5.91 Å². The molecule has 0 saturated carbocycles. The first-order chi connectivity index (χ1) is 12.1. The molecule has 0 unspecified atom stereocenters. The van der Waals surface area contributed by atoms with E-state index in [1.165, 1.54) is 0 Å². The summed E-state index contributed by atoms with van der Waals surface area (Å²) in [5.41, 5.74) is 1.91. The summed E-state index contributed by atoms with van der Waals surface area (Å²) in [6.07, 6.45) is 0.380. The van der Waals surface area contributed by atoms with E-state index in [1.54, 1.807) is 25.3 Å². The smallest absolute Gasteiger partial charge is 0.221 e. The van der Waals surface area contributed by atoms with Crippen LogP contribution in [-0.2, 0) is 4.79 Å². The van der Waals surface area contributed by atoms with E-state index in [9.17, 15) is 4.79 Å². The molecule has 0 spiro atoms. The zero-order valence-corrected chi connectivity index (χ0v) is 15.3. The number of carbonyl (C=O) groups excluding carboxylic acids is 1. The number of amides is 1. The van der Waals surface area contributed by atoms with Crippen LogP contribution in [0.5, 0.6) is 5.75 Å². The first-order valence-corrected chi connectivity index (χ1v) is 8.58. The molecule has 0 heterocycles. The van der Waals surface area contributed by atoms with E-state index in [1.807, 2.05) is 37.4 Å². The molecule has 2 rings (SSSR count). The van der Waals surface area contributed by atoms with Gasteiger partial charge in [-0.25, -0.2) is 0 Å². The van der Waals surface area contributed by atoms with Crippen LogP contribution in [-0.4, -0.2) is 39.7 Å². The van der Waals surface area contributed by atoms with Gasteiger partial charge in [0.25, 0.3) is 0 Å². The molecule has 6 heteroatoms. The van der Waals surface area contributed by atoms with Crippen LogP contribution in [0.3, 0.4) is 0 Å². The average Bonchev–Trinajstić information content (AvgIpc) is 2.62. The van der Waals surface area contributed by atoms with Gasteiger partial charge < -0.3 is 20.3 Å². The van der Waals surface area contributed by atoms with Crippen LogP contribution in [0.4, 0.5) is 11.4 Å². The molecule has 2 aromatic rings. The molecule has 0 atom stereocenters. The number of carbonyl (C=O) groups is 1. The normalized spacial score (nSPS) is 10.2. The number of anilines is 2. The third-order valence-electron chi connectivity index (χ3n) is 3.80. The Bertz CT molecular complexity index is 680. The van der Waals surface area contributed by atoms with Crippen LogP contribution in [0.25, 0.3) is 0 Å². The zero-order chi connectivity index (χ0) is 18.1. The lowest BCUT2D eigenvalue weighted by Gasteiger charge is -2.19. The van der Waals surface area contributed by atoms with Gasteiger partial charge in [-0.3, -0.25) is 4.79 Å². The third-order valence-corrected chi connectivity index (χ3v) is 4.03. The lowest BCUT2D eigenvalue weighted by atomic mass is 10.2. The standard InChI is InChI=1S/C19H24ClN3O2/c1-23(16-6-4-3-5-7-16)13-12-22-19(24)10-11-21-17-14-15(20)8-9-18(17)25-2/h3-9,14,21H,10-13H2,1-2H3,(H,22,24). The predicted octanol–water partition coefficient (Wildman–Crippen LogP) is 3.40. The van der Waals surface area contributed by atoms with E-state index in [0.717, 1.165) is 17.9 Å². The average molecular weight is 362 g/mol. The van der Waals surface area contributed by atoms with Crippen LogP contribution in [0.2, 0.25) is 5.02 Å². The number of rotatable bonds is 9. The largest absolute Gasteiger partial charge is 0.495 e. The van der Waals surface area contributed by atoms with Crippen LogP contribution < -0.4 is 20.3 Å². The highest BCUT2D eigenvalue weighted by molar-refractivity contribution is 6.30. The second-order valence-corrected chi connectivity index (χ2v) is 6.06. The number of ether oxygens (including phenoxy) is 1. The van der Waals surface area contributed by atoms with Crippen molar-refractivity contribution in [3.05, 3.63) is 53.6 Å². The lowest BCUT2D eigenvalue weighted by Crippen LogP contribution is -2.33. The van der Waals surface area contributed by atoms with Crippen LogP contribution >= 0.6 is 11.6 Å². The molecule has 134 valence electrons. The fourth-order valence-corrected chi connectivity index (χ4v) is 2.56. The van der Waals surface area contributed by atoms with Gasteiger partial charge in [0.1, 0.15) is 5.75 Å². The van der Waals surface area contributed by atoms with E-state index >= 15 is 0 Å². The monoisotopic (exact) mass is 361 g/mol. The quantitative estimate of drug-likeness (QED) is 0.718. The van der Waals surface area contributed by atoms with Crippen LogP contribution in [0.1, 0.15) is 6.42 Å². The Hall–Kier alpha value is -2.40. The number of methoxy groups -OCH3 is 1. The molecular weight excluding hydrogens is 338 g/mol. The van der Waals surface area contributed by atoms with Gasteiger partial charge in [0.05, 0.1) is 12.8 Å². The third kappa shape index (κ3) is 6.19. The molecule has 0 aliphatic heterocycles. The molecule has 0 saturated heterocycles. The van der Waals surface area contributed by atoms with Crippen molar-refractivity contribution in [2.45, 2.75) is 6.42 Å². The Balaban J connectivity index is 1.68. The fourth-order valence-electron chi connectivity index (χ4n) is 2.39. The Kier molecular flexibility index (Phi) is 7.41. The minimum absolute atomic E-state index is 0.00922. The molecule has 0 aliphatic rings. The van der Waals surface area contributed by atoms with Gasteiger partial charge in [-0.1, -0.05) is 29.8 Å². The van der Waals surface area contributed by atoms with Crippen molar-refractivity contribution in [3.63, 3.8) is 0 Å². The van der Waals surface area contributed by atoms with E-state index in [2.05, 4.69) is 15.5 Å². The molecule has 0 bridgehead atoms. The molecule has 25 heavy (non-hydrogen) atoms. The molecule has 0 aromatic heterocycles. The van der Waals surface area contributed by atoms with Crippen molar-refractivity contribution >= 4 is 28.9 Å². The maximum Gasteiger partial charge on any atom is 0.221 e. The number of para-hydroxylation sites is 1. The Morgan fingerprint density at radius 3 is 2.64 bits per heavy atom. The minimum atomic E-state index is 0.00922. The number of halogens is 1. The molecule has 1 amide bonds. The number of nitrogens with zero attached hydrogens (tertiary/aromatic N) is 1. The summed E-state index contributed by atoms with van der Waals surface area (Å²) in [7, 11) is 3.61. The Morgan fingerprint density at radius 1 is 1.16 bits per heavy atom. The Morgan fingerprint density at radius 2 is 1.92 bits per heavy atom. The number of nitrogens with one attached hydrogen (secondary N) is 2. The predicted molar refractivity (Wildman–Crippen MR) is 104 cm³/mol. The van der Waals surface area contributed by atoms with Crippen molar-refractivity contribution in [2.24, 2.45) is 0 Å². The van der Waals surface area contributed by atoms with Gasteiger partial charge in [0, 0.05) is 43.8 Å². The Labute approximate surface area is 153 Å². The van der Waals surface area contributed by atoms with Gasteiger partial charge >= 0.3 is 0 Å². The maximum atomic E-state index is 11.9. The zero-order valence-electron chi connectivity index (χ0n) is 14.6. The highest BCUT2D eigenvalue weighted by Crippen LogP contribution is 2.27. The van der Waals surface area contributed by atoms with Gasteiger partial charge in [0.15, 0.2) is 0 Å². The number of benzene rings is 2. The number of likely N-dealkylation sites (N-methyl/N-ethyl adjacent to an activating group) is 1. The lowest BCUT2D eigenvalue weighted by molar-refractivity contribution is -0.120. The van der Waals surface area contributed by atoms with Crippen molar-refractivity contribution in [1.82, 2.24) is 5.32 Å². The fraction of sp³-hybridized carbons (Fsp3) is 0.316. The van der Waals surface area contributed by atoms with Crippen molar-refractivity contribution in [3.8, 4) is 5.75 Å². The number of hydrogen-bond donors (Lipinski definition) is 2. The summed E-state index contributed by atoms with van der Waals surface area (Å²) in [6, 6.07) is 15.4. The van der Waals surface area contributed by atoms with Gasteiger partial charge in [-0.15, -0.1) is 0 Å². The van der Waals surface area contributed by atoms with Crippen LogP contribution in [0, 0.1) is 0 Å². The summed E-state index contributed by atoms with van der Waals surface area (Å²) in [6.45, 7) is 1.87. The SMILES string of the molecule is COc1ccc(Cl)cc1NCCC(=O)NCCN(C)c1ccccc1. The first kappa shape index (κ1) is 18.9. The van der Waals surface area contributed by atoms with E-state index in [0.29, 0.717) is 30.3 Å². The summed E-state index contributed by atoms with van der Waals surface area (Å²) in [4.78, 5) is 14.1. The molecular formula is C19H24ClN3O2. The number of hydrogen-bond acceptors (Lipinski definition) is 4. The van der Waals surface area contributed by atoms with Gasteiger partial charge in [-0.2, -0.15) is 0 Å². The molecule has 5 nitrogen and oxygen atoms in total. The maximum absolute atomic E-state index is 11.9. The topological polar surface area (TPSA) is 53.6 Å². The summed E-state index contributed by atoms with van der Waals surface area (Å²) in [5.74, 6) is 0.712. The second kappa shape index (κ2) is 9.79. The van der Waals surface area contributed by atoms with Crippen molar-refractivity contribution < 1.29 is 9.53 Å². The van der Waals surface area contributed by atoms with Crippen molar-refractivity contribution in [2.75, 3.05) is 44.0 Å². The summed E-state index contributed by atoms with van der Waals surface area (Å²) < 4.78 is 5.26. The van der Waals surface area contributed by atoms with Gasteiger partial charge in [-0.05, 0) is 30.3 Å². The summed E-state index contributed by atoms with van der Waals surface area (Å²) >= 11 is 5.98. The van der Waals surface area contributed by atoms with E-state index in [4.69, 9.17) is 16.3 Å². The van der Waals surface area contributed by atoms with Crippen molar-refractivity contribution in [1.29, 1.82) is 0 Å². The first-order valence-electron chi connectivity index (χ1n) is 8.20. The highest BCUT2D eigenvalue weighted by atomic mass is 35.5. The minimum Gasteiger partial charge on any atom is -0.495 e. The molecule has 2 aromatic carbocycles. The molecule has 0 aliphatic carbocycles. The molecule has 0 radical (unpaired) electrons. The van der Waals surface area contributed by atoms with E-state index < -0.39 is 0 Å². The molecule has 0 fully saturated rings. The van der Waals surface area contributed by atoms with Crippen LogP contribution in [0.15, 0.2) is 48.5 Å². The second-order valence-electron chi connectivity index (χ2n) is 5.63. The molecule has 2 N–H and O–H groups in total.